The fourth-order valence-corrected chi connectivity index (χ4v) is 5.74. The molecule has 6 nitrogen and oxygen atoms in total. The summed E-state index contributed by atoms with van der Waals surface area (Å²) in [6.07, 6.45) is 47.0. The zero-order chi connectivity index (χ0) is 37.5. The molecule has 0 radical (unpaired) electrons. The van der Waals surface area contributed by atoms with Crippen LogP contribution in [0.5, 0.6) is 0 Å². The molecule has 0 aliphatic heterocycles. The number of esters is 1. The van der Waals surface area contributed by atoms with Crippen LogP contribution in [0.1, 0.15) is 175 Å². The van der Waals surface area contributed by atoms with Crippen molar-refractivity contribution < 1.29 is 24.5 Å². The largest absolute Gasteiger partial charge is 0.461 e. The average molecular weight is 712 g/mol. The number of allylic oxidation sites excluding steroid dienone is 11. The summed E-state index contributed by atoms with van der Waals surface area (Å²) in [6.45, 7) is 6.21. The molecule has 0 aromatic carbocycles. The van der Waals surface area contributed by atoms with E-state index in [0.29, 0.717) is 19.3 Å². The van der Waals surface area contributed by atoms with Gasteiger partial charge in [-0.1, -0.05) is 184 Å². The van der Waals surface area contributed by atoms with Crippen LogP contribution in [-0.2, 0) is 14.3 Å². The van der Waals surface area contributed by atoms with Crippen LogP contribution in [0.3, 0.4) is 0 Å². The van der Waals surface area contributed by atoms with E-state index in [0.717, 1.165) is 57.8 Å². The summed E-state index contributed by atoms with van der Waals surface area (Å²) in [5.41, 5.74) is 0. The number of hydrogen-bond acceptors (Lipinski definition) is 5. The highest BCUT2D eigenvalue weighted by molar-refractivity contribution is 5.77. The van der Waals surface area contributed by atoms with Gasteiger partial charge in [0.2, 0.25) is 5.91 Å². The van der Waals surface area contributed by atoms with E-state index in [2.05, 4.69) is 44.3 Å². The van der Waals surface area contributed by atoms with Gasteiger partial charge in [0.05, 0.1) is 25.2 Å². The summed E-state index contributed by atoms with van der Waals surface area (Å²) < 4.78 is 5.78. The van der Waals surface area contributed by atoms with E-state index in [4.69, 9.17) is 4.74 Å². The molecular weight excluding hydrogens is 634 g/mol. The number of carbonyl (C=O) groups excluding carboxylic acids is 2. The summed E-state index contributed by atoms with van der Waals surface area (Å²) in [4.78, 5) is 25.8. The highest BCUT2D eigenvalue weighted by Gasteiger charge is 2.23. The fraction of sp³-hybridized carbons (Fsp3) is 0.689. The van der Waals surface area contributed by atoms with Gasteiger partial charge in [0, 0.05) is 12.8 Å². The number of aliphatic hydroxyl groups is 2. The molecule has 0 rings (SSSR count). The maximum atomic E-state index is 13.0. The summed E-state index contributed by atoms with van der Waals surface area (Å²) in [7, 11) is 0. The molecule has 3 N–H and O–H groups in total. The van der Waals surface area contributed by atoms with Crippen LogP contribution in [0.4, 0.5) is 0 Å². The van der Waals surface area contributed by atoms with Gasteiger partial charge in [-0.25, -0.2) is 0 Å². The molecule has 292 valence electrons. The SMILES string of the molecule is CC/C=C/C=C/C=C\C=C/C=C/CC(CC(=O)NC(CO)C(O)CCCCCCCCCCC)OC(=O)CCCCCCC/C=C\CCCCC. The van der Waals surface area contributed by atoms with Crippen LogP contribution in [0.25, 0.3) is 0 Å². The molecule has 0 bridgehead atoms. The van der Waals surface area contributed by atoms with Crippen molar-refractivity contribution in [2.24, 2.45) is 0 Å². The number of nitrogens with one attached hydrogen (secondary N) is 1. The molecule has 0 aliphatic carbocycles. The molecule has 3 unspecified atom stereocenters. The number of ether oxygens (including phenoxy) is 1. The molecular formula is C45H77NO5. The Hall–Kier alpha value is -2.70. The third-order valence-electron chi connectivity index (χ3n) is 8.90. The molecule has 0 heterocycles. The molecule has 0 fully saturated rings. The van der Waals surface area contributed by atoms with Gasteiger partial charge in [-0.15, -0.1) is 0 Å². The molecule has 3 atom stereocenters. The summed E-state index contributed by atoms with van der Waals surface area (Å²) in [5, 5.41) is 23.4. The first-order chi connectivity index (χ1) is 25.0. The van der Waals surface area contributed by atoms with Crippen molar-refractivity contribution in [1.29, 1.82) is 0 Å². The molecule has 51 heavy (non-hydrogen) atoms. The molecule has 0 aliphatic rings. The third kappa shape index (κ3) is 34.2. The maximum absolute atomic E-state index is 13.0. The second-order valence-corrected chi connectivity index (χ2v) is 13.8. The highest BCUT2D eigenvalue weighted by atomic mass is 16.5. The second-order valence-electron chi connectivity index (χ2n) is 13.8. The summed E-state index contributed by atoms with van der Waals surface area (Å²) in [5.74, 6) is -0.629. The molecule has 1 amide bonds. The summed E-state index contributed by atoms with van der Waals surface area (Å²) >= 11 is 0. The lowest BCUT2D eigenvalue weighted by Crippen LogP contribution is -2.46. The van der Waals surface area contributed by atoms with Crippen molar-refractivity contribution in [2.75, 3.05) is 6.61 Å². The van der Waals surface area contributed by atoms with Gasteiger partial charge in [0.25, 0.3) is 0 Å². The van der Waals surface area contributed by atoms with Crippen molar-refractivity contribution in [3.63, 3.8) is 0 Å². The lowest BCUT2D eigenvalue weighted by atomic mass is 10.0. The number of hydrogen-bond donors (Lipinski definition) is 3. The van der Waals surface area contributed by atoms with E-state index in [1.807, 2.05) is 54.7 Å². The first-order valence-corrected chi connectivity index (χ1v) is 20.7. The molecule has 6 heteroatoms. The second kappa shape index (κ2) is 38.5. The first-order valence-electron chi connectivity index (χ1n) is 20.7. The average Bonchev–Trinajstić information content (AvgIpc) is 3.12. The zero-order valence-corrected chi connectivity index (χ0v) is 33.0. The van der Waals surface area contributed by atoms with Crippen LogP contribution >= 0.6 is 0 Å². The predicted molar refractivity (Wildman–Crippen MR) is 218 cm³/mol. The van der Waals surface area contributed by atoms with E-state index in [1.165, 1.54) is 70.6 Å². The van der Waals surface area contributed by atoms with Gasteiger partial charge in [-0.2, -0.15) is 0 Å². The van der Waals surface area contributed by atoms with Crippen molar-refractivity contribution in [3.8, 4) is 0 Å². The van der Waals surface area contributed by atoms with Gasteiger partial charge < -0.3 is 20.3 Å². The molecule has 0 saturated heterocycles. The van der Waals surface area contributed by atoms with Gasteiger partial charge in [-0.05, 0) is 44.9 Å². The van der Waals surface area contributed by atoms with Gasteiger partial charge in [0.15, 0.2) is 0 Å². The van der Waals surface area contributed by atoms with Crippen molar-refractivity contribution >= 4 is 11.9 Å². The van der Waals surface area contributed by atoms with Crippen LogP contribution in [0, 0.1) is 0 Å². The number of aliphatic hydroxyl groups excluding tert-OH is 2. The van der Waals surface area contributed by atoms with Crippen LogP contribution in [-0.4, -0.2) is 46.9 Å². The third-order valence-corrected chi connectivity index (χ3v) is 8.90. The van der Waals surface area contributed by atoms with E-state index in [1.54, 1.807) is 0 Å². The number of amides is 1. The lowest BCUT2D eigenvalue weighted by molar-refractivity contribution is -0.150. The Morgan fingerprint density at radius 2 is 1.10 bits per heavy atom. The monoisotopic (exact) mass is 712 g/mol. The van der Waals surface area contributed by atoms with Crippen LogP contribution in [0.2, 0.25) is 0 Å². The van der Waals surface area contributed by atoms with Crippen molar-refractivity contribution in [3.05, 3.63) is 72.9 Å². The normalized spacial score (nSPS) is 14.2. The molecule has 0 saturated carbocycles. The number of carbonyl (C=O) groups is 2. The molecule has 0 aromatic rings. The number of unbranched alkanes of at least 4 members (excludes halogenated alkanes) is 16. The smallest absolute Gasteiger partial charge is 0.306 e. The van der Waals surface area contributed by atoms with E-state index in [9.17, 15) is 19.8 Å². The maximum Gasteiger partial charge on any atom is 0.306 e. The van der Waals surface area contributed by atoms with E-state index in [-0.39, 0.29) is 24.9 Å². The Labute approximate surface area is 313 Å². The van der Waals surface area contributed by atoms with Gasteiger partial charge in [0.1, 0.15) is 6.10 Å². The molecule has 0 spiro atoms. The topological polar surface area (TPSA) is 95.9 Å². The minimum Gasteiger partial charge on any atom is -0.461 e. The minimum absolute atomic E-state index is 0.0248. The quantitative estimate of drug-likeness (QED) is 0.0263. The number of rotatable bonds is 35. The van der Waals surface area contributed by atoms with Gasteiger partial charge in [-0.3, -0.25) is 9.59 Å². The Bertz CT molecular complexity index is 979. The fourth-order valence-electron chi connectivity index (χ4n) is 5.74. The van der Waals surface area contributed by atoms with E-state index < -0.39 is 18.2 Å². The van der Waals surface area contributed by atoms with Crippen molar-refractivity contribution in [2.45, 2.75) is 193 Å². The predicted octanol–water partition coefficient (Wildman–Crippen LogP) is 11.5. The summed E-state index contributed by atoms with van der Waals surface area (Å²) in [6, 6.07) is -0.740. The Kier molecular flexibility index (Phi) is 36.5. The zero-order valence-electron chi connectivity index (χ0n) is 33.0. The highest BCUT2D eigenvalue weighted by Crippen LogP contribution is 2.15. The van der Waals surface area contributed by atoms with Gasteiger partial charge >= 0.3 is 5.97 Å². The first kappa shape index (κ1) is 48.3. The van der Waals surface area contributed by atoms with Crippen LogP contribution < -0.4 is 5.32 Å². The Morgan fingerprint density at radius 3 is 1.69 bits per heavy atom. The minimum atomic E-state index is -0.818. The standard InChI is InChI=1S/C45H77NO5/c1-4-7-10-13-16-19-21-23-26-29-32-35-38-45(50)51-41(36-33-30-27-25-22-20-17-14-11-8-5-2)39-44(49)46-42(40-47)43(48)37-34-31-28-24-18-15-12-9-6-3/h8,11,14,16-17,19-20,22,25,27,30,33,41-43,47-48H,4-7,9-10,12-13,15,18,21,23-24,26,28-29,31-32,34-40H2,1-3H3,(H,46,49)/b11-8+,17-14+,19-16-,22-20-,27-25-,33-30+. The van der Waals surface area contributed by atoms with Crippen molar-refractivity contribution in [1.82, 2.24) is 5.32 Å². The van der Waals surface area contributed by atoms with E-state index >= 15 is 0 Å². The Morgan fingerprint density at radius 1 is 0.608 bits per heavy atom. The Balaban J connectivity index is 4.81. The molecule has 0 aromatic heterocycles. The lowest BCUT2D eigenvalue weighted by Gasteiger charge is -2.24. The van der Waals surface area contributed by atoms with Crippen LogP contribution in [0.15, 0.2) is 72.9 Å².